The van der Waals surface area contributed by atoms with Gasteiger partial charge < -0.3 is 9.64 Å². The highest BCUT2D eigenvalue weighted by Crippen LogP contribution is 2.30. The number of sulfonamides is 1. The lowest BCUT2D eigenvalue weighted by molar-refractivity contribution is -0.147. The predicted octanol–water partition coefficient (Wildman–Crippen LogP) is 3.05. The molecule has 10 heteroatoms. The molecule has 1 fully saturated rings. The zero-order valence-corrected chi connectivity index (χ0v) is 19.1. The monoisotopic (exact) mass is 464 g/mol. The summed E-state index contributed by atoms with van der Waals surface area (Å²) in [7, 11) is -2.47. The Morgan fingerprint density at radius 2 is 1.90 bits per heavy atom. The second kappa shape index (κ2) is 10.1. The molecular formula is C19H26Cl2N2O5S. The fraction of sp³-hybridized carbons (Fsp3) is 0.579. The van der Waals surface area contributed by atoms with Crippen LogP contribution in [0.4, 0.5) is 0 Å². The van der Waals surface area contributed by atoms with Crippen molar-refractivity contribution in [1.29, 1.82) is 0 Å². The van der Waals surface area contributed by atoms with E-state index in [1.54, 1.807) is 11.8 Å². The highest BCUT2D eigenvalue weighted by molar-refractivity contribution is 7.89. The van der Waals surface area contributed by atoms with Crippen LogP contribution in [0.1, 0.15) is 26.7 Å². The number of carbonyl (C=O) groups excluding carboxylic acids is 2. The van der Waals surface area contributed by atoms with Crippen LogP contribution in [0, 0.1) is 11.8 Å². The maximum absolute atomic E-state index is 12.9. The van der Waals surface area contributed by atoms with Gasteiger partial charge in [0.25, 0.3) is 0 Å². The number of hydrogen-bond donors (Lipinski definition) is 0. The van der Waals surface area contributed by atoms with Crippen LogP contribution in [-0.4, -0.2) is 62.8 Å². The van der Waals surface area contributed by atoms with Crippen molar-refractivity contribution < 1.29 is 22.7 Å². The Morgan fingerprint density at radius 1 is 1.28 bits per heavy atom. The number of amides is 1. The average Bonchev–Trinajstić information content (AvgIpc) is 2.72. The van der Waals surface area contributed by atoms with E-state index < -0.39 is 15.9 Å². The summed E-state index contributed by atoms with van der Waals surface area (Å²) in [5.74, 6) is -1.15. The van der Waals surface area contributed by atoms with Gasteiger partial charge in [-0.25, -0.2) is 8.42 Å². The van der Waals surface area contributed by atoms with Gasteiger partial charge >= 0.3 is 5.97 Å². The zero-order chi connectivity index (χ0) is 21.8. The first kappa shape index (κ1) is 23.9. The second-order valence-electron chi connectivity index (χ2n) is 7.05. The first-order valence-electron chi connectivity index (χ1n) is 9.43. The van der Waals surface area contributed by atoms with Crippen molar-refractivity contribution in [1.82, 2.24) is 9.21 Å². The number of piperidine rings is 1. The largest absolute Gasteiger partial charge is 0.469 e. The van der Waals surface area contributed by atoms with Crippen molar-refractivity contribution in [2.45, 2.75) is 31.6 Å². The molecule has 1 aromatic rings. The van der Waals surface area contributed by atoms with Gasteiger partial charge in [-0.15, -0.1) is 0 Å². The zero-order valence-electron chi connectivity index (χ0n) is 16.7. The molecule has 0 N–H and O–H groups in total. The van der Waals surface area contributed by atoms with Gasteiger partial charge in [0.05, 0.1) is 18.1 Å². The van der Waals surface area contributed by atoms with E-state index in [2.05, 4.69) is 0 Å². The van der Waals surface area contributed by atoms with E-state index in [0.29, 0.717) is 19.4 Å². The summed E-state index contributed by atoms with van der Waals surface area (Å²) in [6, 6.07) is 4.32. The van der Waals surface area contributed by atoms with Gasteiger partial charge in [-0.2, -0.15) is 4.31 Å². The molecule has 0 spiro atoms. The van der Waals surface area contributed by atoms with Gasteiger partial charge in [0.1, 0.15) is 4.90 Å². The Balaban J connectivity index is 2.04. The van der Waals surface area contributed by atoms with Gasteiger partial charge in [-0.05, 0) is 38.0 Å². The fourth-order valence-corrected chi connectivity index (χ4v) is 5.60. The van der Waals surface area contributed by atoms with Crippen molar-refractivity contribution in [3.05, 3.63) is 28.2 Å². The first-order valence-corrected chi connectivity index (χ1v) is 11.6. The van der Waals surface area contributed by atoms with E-state index in [0.717, 1.165) is 0 Å². The molecule has 1 aromatic carbocycles. The molecule has 1 amide bonds. The summed E-state index contributed by atoms with van der Waals surface area (Å²) >= 11 is 12.0. The van der Waals surface area contributed by atoms with Gasteiger partial charge in [0.15, 0.2) is 0 Å². The molecule has 0 aromatic heterocycles. The molecule has 162 valence electrons. The SMILES string of the molecule is CCN(CC(C)C(=O)OC)C(=O)C1CCN(S(=O)(=O)c2cc(Cl)ccc2Cl)CC1. The Bertz CT molecular complexity index is 854. The number of ether oxygens (including phenoxy) is 1. The third-order valence-electron chi connectivity index (χ3n) is 5.11. The molecule has 0 bridgehead atoms. The number of hydrogen-bond acceptors (Lipinski definition) is 5. The number of benzene rings is 1. The summed E-state index contributed by atoms with van der Waals surface area (Å²) in [5.41, 5.74) is 0. The number of rotatable bonds is 7. The van der Waals surface area contributed by atoms with Gasteiger partial charge in [-0.3, -0.25) is 9.59 Å². The molecule has 29 heavy (non-hydrogen) atoms. The topological polar surface area (TPSA) is 84.0 Å². The van der Waals surface area contributed by atoms with Crippen LogP contribution < -0.4 is 0 Å². The van der Waals surface area contributed by atoms with Gasteiger partial charge in [0, 0.05) is 37.1 Å². The Hall–Kier alpha value is -1.35. The summed E-state index contributed by atoms with van der Waals surface area (Å²) in [6.07, 6.45) is 0.804. The van der Waals surface area contributed by atoms with E-state index in [-0.39, 0.29) is 52.4 Å². The van der Waals surface area contributed by atoms with Crippen molar-refractivity contribution in [2.24, 2.45) is 11.8 Å². The number of halogens is 2. The Morgan fingerprint density at radius 3 is 2.45 bits per heavy atom. The average molecular weight is 465 g/mol. The number of methoxy groups -OCH3 is 1. The lowest BCUT2D eigenvalue weighted by atomic mass is 9.96. The fourth-order valence-electron chi connectivity index (χ4n) is 3.40. The molecule has 0 saturated carbocycles. The van der Waals surface area contributed by atoms with Crippen LogP contribution in [-0.2, 0) is 24.3 Å². The lowest BCUT2D eigenvalue weighted by Gasteiger charge is -2.34. The maximum atomic E-state index is 12.9. The van der Waals surface area contributed by atoms with E-state index in [1.807, 2.05) is 6.92 Å². The van der Waals surface area contributed by atoms with Crippen molar-refractivity contribution >= 4 is 45.1 Å². The van der Waals surface area contributed by atoms with Crippen LogP contribution in [0.5, 0.6) is 0 Å². The van der Waals surface area contributed by atoms with Crippen LogP contribution in [0.2, 0.25) is 10.0 Å². The van der Waals surface area contributed by atoms with E-state index >= 15 is 0 Å². The van der Waals surface area contributed by atoms with Crippen LogP contribution in [0.3, 0.4) is 0 Å². The lowest BCUT2D eigenvalue weighted by Crippen LogP contribution is -2.46. The normalized spacial score (nSPS) is 17.0. The Labute approximate surface area is 181 Å². The summed E-state index contributed by atoms with van der Waals surface area (Å²) in [5, 5.41) is 0.401. The predicted molar refractivity (Wildman–Crippen MR) is 111 cm³/mol. The Kier molecular flexibility index (Phi) is 8.34. The number of esters is 1. The molecule has 1 unspecified atom stereocenters. The second-order valence-corrected chi connectivity index (χ2v) is 9.80. The van der Waals surface area contributed by atoms with Crippen LogP contribution in [0.25, 0.3) is 0 Å². The molecule has 2 rings (SSSR count). The quantitative estimate of drug-likeness (QED) is 0.578. The highest BCUT2D eigenvalue weighted by Gasteiger charge is 2.35. The van der Waals surface area contributed by atoms with Gasteiger partial charge in [0.2, 0.25) is 15.9 Å². The summed E-state index contributed by atoms with van der Waals surface area (Å²) < 4.78 is 31.9. The third-order valence-corrected chi connectivity index (χ3v) is 7.72. The molecule has 1 saturated heterocycles. The maximum Gasteiger partial charge on any atom is 0.310 e. The summed E-state index contributed by atoms with van der Waals surface area (Å²) in [4.78, 5) is 26.1. The summed E-state index contributed by atoms with van der Waals surface area (Å²) in [6.45, 7) is 4.74. The minimum atomic E-state index is -3.79. The number of nitrogens with zero attached hydrogens (tertiary/aromatic N) is 2. The van der Waals surface area contributed by atoms with E-state index in [9.17, 15) is 18.0 Å². The minimum Gasteiger partial charge on any atom is -0.469 e. The molecule has 0 aliphatic carbocycles. The molecule has 0 radical (unpaired) electrons. The number of carbonyl (C=O) groups is 2. The van der Waals surface area contributed by atoms with E-state index in [1.165, 1.54) is 29.6 Å². The van der Waals surface area contributed by atoms with Crippen molar-refractivity contribution in [2.75, 3.05) is 33.3 Å². The van der Waals surface area contributed by atoms with Crippen molar-refractivity contribution in [3.63, 3.8) is 0 Å². The smallest absolute Gasteiger partial charge is 0.310 e. The van der Waals surface area contributed by atoms with E-state index in [4.69, 9.17) is 27.9 Å². The minimum absolute atomic E-state index is 0.0291. The highest BCUT2D eigenvalue weighted by atomic mass is 35.5. The van der Waals surface area contributed by atoms with Gasteiger partial charge in [-0.1, -0.05) is 30.1 Å². The standard InChI is InChI=1S/C19H26Cl2N2O5S/c1-4-22(12-13(2)19(25)28-3)18(24)14-7-9-23(10-8-14)29(26,27)17-11-15(20)5-6-16(17)21/h5-6,11,13-14H,4,7-10,12H2,1-3H3. The molecular weight excluding hydrogens is 439 g/mol. The molecule has 1 aliphatic rings. The third kappa shape index (κ3) is 5.63. The molecule has 1 heterocycles. The molecule has 7 nitrogen and oxygen atoms in total. The first-order chi connectivity index (χ1) is 13.6. The molecule has 1 aliphatic heterocycles. The van der Waals surface area contributed by atoms with Crippen molar-refractivity contribution in [3.8, 4) is 0 Å². The van der Waals surface area contributed by atoms with Crippen LogP contribution >= 0.6 is 23.2 Å². The molecule has 1 atom stereocenters. The van der Waals surface area contributed by atoms with Crippen LogP contribution in [0.15, 0.2) is 23.1 Å².